The van der Waals surface area contributed by atoms with Crippen molar-refractivity contribution in [2.75, 3.05) is 43.7 Å². The van der Waals surface area contributed by atoms with Crippen LogP contribution in [0.2, 0.25) is 0 Å². The fourth-order valence-electron chi connectivity index (χ4n) is 2.96. The van der Waals surface area contributed by atoms with Gasteiger partial charge in [-0.25, -0.2) is 19.6 Å². The van der Waals surface area contributed by atoms with Gasteiger partial charge in [0, 0.05) is 18.8 Å². The molecule has 1 fully saturated rings. The first-order valence-electron chi connectivity index (χ1n) is 9.06. The van der Waals surface area contributed by atoms with Gasteiger partial charge in [0.05, 0.1) is 31.5 Å². The molecule has 1 aromatic carbocycles. The van der Waals surface area contributed by atoms with E-state index in [2.05, 4.69) is 20.6 Å². The lowest BCUT2D eigenvalue weighted by Gasteiger charge is -2.15. The van der Waals surface area contributed by atoms with Crippen LogP contribution in [0.1, 0.15) is 33.6 Å². The van der Waals surface area contributed by atoms with E-state index in [-0.39, 0.29) is 17.2 Å². The molecule has 0 radical (unpaired) electrons. The predicted molar refractivity (Wildman–Crippen MR) is 106 cm³/mol. The summed E-state index contributed by atoms with van der Waals surface area (Å²) in [5.41, 5.74) is 7.27. The molecule has 0 spiro atoms. The number of hydrogen-bond acceptors (Lipinski definition) is 10. The largest absolute Gasteiger partial charge is 0.465 e. The average molecular weight is 401 g/mol. The number of nitrogens with one attached hydrogen (secondary N) is 2. The van der Waals surface area contributed by atoms with Crippen molar-refractivity contribution in [3.05, 3.63) is 35.7 Å². The van der Waals surface area contributed by atoms with Crippen LogP contribution in [-0.4, -0.2) is 55.4 Å². The molecule has 0 amide bonds. The molecule has 29 heavy (non-hydrogen) atoms. The maximum atomic E-state index is 11.9. The van der Waals surface area contributed by atoms with E-state index in [0.29, 0.717) is 29.6 Å². The minimum atomic E-state index is -0.589. The quantitative estimate of drug-likeness (QED) is 0.590. The van der Waals surface area contributed by atoms with Crippen molar-refractivity contribution in [2.45, 2.75) is 18.9 Å². The molecule has 154 valence electrons. The molecule has 1 unspecified atom stereocenters. The van der Waals surface area contributed by atoms with Gasteiger partial charge in [-0.1, -0.05) is 0 Å². The van der Waals surface area contributed by atoms with Crippen LogP contribution in [-0.2, 0) is 14.2 Å². The molecular formula is C19H23N5O5. The Morgan fingerprint density at radius 1 is 1.14 bits per heavy atom. The Labute approximate surface area is 167 Å². The van der Waals surface area contributed by atoms with Gasteiger partial charge < -0.3 is 30.6 Å². The molecule has 1 atom stereocenters. The van der Waals surface area contributed by atoms with Crippen molar-refractivity contribution in [3.8, 4) is 0 Å². The van der Waals surface area contributed by atoms with Crippen molar-refractivity contribution in [3.63, 3.8) is 0 Å². The number of anilines is 4. The van der Waals surface area contributed by atoms with Gasteiger partial charge in [0.1, 0.15) is 12.0 Å². The highest BCUT2D eigenvalue weighted by molar-refractivity contribution is 5.97. The van der Waals surface area contributed by atoms with Crippen LogP contribution in [0.5, 0.6) is 0 Å². The predicted octanol–water partition coefficient (Wildman–Crippen LogP) is 1.97. The minimum absolute atomic E-state index is 0.125. The molecule has 10 heteroatoms. The van der Waals surface area contributed by atoms with Crippen LogP contribution < -0.4 is 16.4 Å². The summed E-state index contributed by atoms with van der Waals surface area (Å²) in [6, 6.07) is 4.44. The van der Waals surface area contributed by atoms with E-state index in [9.17, 15) is 9.59 Å². The molecule has 0 saturated carbocycles. The number of methoxy groups -OCH3 is 2. The molecule has 3 rings (SSSR count). The molecule has 1 aromatic heterocycles. The maximum absolute atomic E-state index is 11.9. The summed E-state index contributed by atoms with van der Waals surface area (Å²) in [6.07, 6.45) is 3.51. The van der Waals surface area contributed by atoms with Crippen molar-refractivity contribution in [1.82, 2.24) is 9.97 Å². The maximum Gasteiger partial charge on any atom is 0.337 e. The Bertz CT molecular complexity index is 864. The molecule has 1 aliphatic heterocycles. The van der Waals surface area contributed by atoms with Gasteiger partial charge in [0.2, 0.25) is 0 Å². The number of ether oxygens (including phenoxy) is 3. The Kier molecular flexibility index (Phi) is 6.45. The van der Waals surface area contributed by atoms with Gasteiger partial charge in [-0.05, 0) is 31.0 Å². The third-order valence-electron chi connectivity index (χ3n) is 4.44. The Balaban J connectivity index is 1.83. The first-order chi connectivity index (χ1) is 14.0. The van der Waals surface area contributed by atoms with Crippen LogP contribution in [0, 0.1) is 0 Å². The van der Waals surface area contributed by atoms with E-state index in [1.807, 2.05) is 0 Å². The minimum Gasteiger partial charge on any atom is -0.465 e. The van der Waals surface area contributed by atoms with Gasteiger partial charge in [0.25, 0.3) is 0 Å². The number of rotatable bonds is 7. The first kappa shape index (κ1) is 20.3. The Morgan fingerprint density at radius 2 is 1.79 bits per heavy atom. The SMILES string of the molecule is COC(=O)c1cc(Nc2ncnc(NCC3CCCO3)c2N)cc(C(=O)OC)c1. The number of nitrogens with zero attached hydrogens (tertiary/aromatic N) is 2. The number of esters is 2. The van der Waals surface area contributed by atoms with Crippen molar-refractivity contribution < 1.29 is 23.8 Å². The van der Waals surface area contributed by atoms with Crippen LogP contribution in [0.25, 0.3) is 0 Å². The van der Waals surface area contributed by atoms with E-state index in [1.54, 1.807) is 0 Å². The van der Waals surface area contributed by atoms with Crippen LogP contribution in [0.15, 0.2) is 24.5 Å². The number of benzene rings is 1. The normalized spacial score (nSPS) is 15.6. The summed E-state index contributed by atoms with van der Waals surface area (Å²) in [6.45, 7) is 1.35. The Morgan fingerprint density at radius 3 is 2.38 bits per heavy atom. The van der Waals surface area contributed by atoms with Crippen LogP contribution in [0.4, 0.5) is 23.0 Å². The van der Waals surface area contributed by atoms with Gasteiger partial charge in [-0.3, -0.25) is 0 Å². The van der Waals surface area contributed by atoms with E-state index >= 15 is 0 Å². The second-order valence-electron chi connectivity index (χ2n) is 6.41. The van der Waals surface area contributed by atoms with Gasteiger partial charge >= 0.3 is 11.9 Å². The molecule has 2 aromatic rings. The smallest absolute Gasteiger partial charge is 0.337 e. The zero-order valence-corrected chi connectivity index (χ0v) is 16.2. The number of aromatic nitrogens is 2. The van der Waals surface area contributed by atoms with E-state index < -0.39 is 11.9 Å². The second-order valence-corrected chi connectivity index (χ2v) is 6.41. The van der Waals surface area contributed by atoms with Crippen LogP contribution >= 0.6 is 0 Å². The fourth-order valence-corrected chi connectivity index (χ4v) is 2.96. The summed E-state index contributed by atoms with van der Waals surface area (Å²) in [5, 5.41) is 6.19. The van der Waals surface area contributed by atoms with Gasteiger partial charge in [-0.2, -0.15) is 0 Å². The average Bonchev–Trinajstić information content (AvgIpc) is 3.26. The molecule has 4 N–H and O–H groups in total. The summed E-state index contributed by atoms with van der Waals surface area (Å²) < 4.78 is 15.1. The standard InChI is InChI=1S/C19H23N5O5/c1-27-18(25)11-6-12(19(26)28-2)8-13(7-11)24-17-15(20)16(22-10-23-17)21-9-14-4-3-5-29-14/h6-8,10,14H,3-5,9,20H2,1-2H3,(H2,21,22,23,24). The van der Waals surface area contributed by atoms with Crippen LogP contribution in [0.3, 0.4) is 0 Å². The highest BCUT2D eigenvalue weighted by Gasteiger charge is 2.18. The number of nitrogens with two attached hydrogens (primary N) is 1. The summed E-state index contributed by atoms with van der Waals surface area (Å²) >= 11 is 0. The lowest BCUT2D eigenvalue weighted by molar-refractivity contribution is 0.0599. The highest BCUT2D eigenvalue weighted by Crippen LogP contribution is 2.27. The molecule has 0 aliphatic carbocycles. The fraction of sp³-hybridized carbons (Fsp3) is 0.368. The molecule has 2 heterocycles. The molecule has 1 saturated heterocycles. The first-order valence-corrected chi connectivity index (χ1v) is 9.06. The van der Waals surface area contributed by atoms with E-state index in [1.165, 1.54) is 38.7 Å². The lowest BCUT2D eigenvalue weighted by atomic mass is 10.1. The van der Waals surface area contributed by atoms with Gasteiger partial charge in [0.15, 0.2) is 11.6 Å². The third kappa shape index (κ3) is 4.91. The topological polar surface area (TPSA) is 138 Å². The zero-order chi connectivity index (χ0) is 20.8. The lowest BCUT2D eigenvalue weighted by Crippen LogP contribution is -2.20. The number of carbonyl (C=O) groups is 2. The third-order valence-corrected chi connectivity index (χ3v) is 4.44. The molecule has 1 aliphatic rings. The number of hydrogen-bond donors (Lipinski definition) is 3. The zero-order valence-electron chi connectivity index (χ0n) is 16.2. The molecule has 0 bridgehead atoms. The van der Waals surface area contributed by atoms with Crippen molar-refractivity contribution in [2.24, 2.45) is 0 Å². The highest BCUT2D eigenvalue weighted by atomic mass is 16.5. The van der Waals surface area contributed by atoms with E-state index in [0.717, 1.165) is 19.4 Å². The van der Waals surface area contributed by atoms with Crippen molar-refractivity contribution in [1.29, 1.82) is 0 Å². The number of carbonyl (C=O) groups excluding carboxylic acids is 2. The Hall–Kier alpha value is -3.40. The monoisotopic (exact) mass is 401 g/mol. The van der Waals surface area contributed by atoms with Crippen molar-refractivity contribution >= 4 is 34.9 Å². The second kappa shape index (κ2) is 9.20. The number of nitrogen functional groups attached to an aromatic ring is 1. The summed E-state index contributed by atoms with van der Waals surface area (Å²) in [7, 11) is 2.52. The van der Waals surface area contributed by atoms with Gasteiger partial charge in [-0.15, -0.1) is 0 Å². The molecular weight excluding hydrogens is 378 g/mol. The van der Waals surface area contributed by atoms with E-state index in [4.69, 9.17) is 19.9 Å². The summed E-state index contributed by atoms with van der Waals surface area (Å²) in [4.78, 5) is 32.2. The molecule has 10 nitrogen and oxygen atoms in total. The summed E-state index contributed by atoms with van der Waals surface area (Å²) in [5.74, 6) is -0.384.